The van der Waals surface area contributed by atoms with E-state index in [1.807, 2.05) is 0 Å². The summed E-state index contributed by atoms with van der Waals surface area (Å²) in [5.41, 5.74) is 2.74. The first kappa shape index (κ1) is 15.4. The molecule has 0 saturated carbocycles. The fraction of sp³-hybridized carbons (Fsp3) is 0.667. The summed E-state index contributed by atoms with van der Waals surface area (Å²) >= 11 is 3.78. The third-order valence-electron chi connectivity index (χ3n) is 5.16. The number of rotatable bonds is 2. The number of anilines is 1. The Balaban J connectivity index is 1.91. The highest BCUT2D eigenvalue weighted by molar-refractivity contribution is 9.10. The van der Waals surface area contributed by atoms with Crippen LogP contribution in [-0.4, -0.2) is 36.6 Å². The first-order chi connectivity index (χ1) is 10.1. The molecule has 2 aliphatic heterocycles. The molecular formula is C18H27BrN2. The van der Waals surface area contributed by atoms with Gasteiger partial charge in [-0.1, -0.05) is 26.3 Å². The van der Waals surface area contributed by atoms with E-state index in [2.05, 4.69) is 64.7 Å². The van der Waals surface area contributed by atoms with Gasteiger partial charge in [-0.3, -0.25) is 4.90 Å². The van der Waals surface area contributed by atoms with Gasteiger partial charge in [0.25, 0.3) is 0 Å². The van der Waals surface area contributed by atoms with E-state index in [4.69, 9.17) is 0 Å². The second-order valence-electron chi connectivity index (χ2n) is 7.06. The van der Waals surface area contributed by atoms with E-state index in [0.29, 0.717) is 12.0 Å². The number of benzene rings is 1. The van der Waals surface area contributed by atoms with Crippen LogP contribution < -0.4 is 4.90 Å². The standard InChI is InChI=1S/C18H27BrN2/c1-13(2)18-12-20-9-5-4-6-15(20)11-21(18)17-10-14(3)7-8-16(17)19/h7-8,10,13,15,18H,4-6,9,11-12H2,1-3H3. The van der Waals surface area contributed by atoms with Crippen LogP contribution in [0.25, 0.3) is 0 Å². The fourth-order valence-electron chi connectivity index (χ4n) is 3.90. The van der Waals surface area contributed by atoms with Crippen LogP contribution in [0.3, 0.4) is 0 Å². The number of aryl methyl sites for hydroxylation is 1. The van der Waals surface area contributed by atoms with Crippen LogP contribution in [0.4, 0.5) is 5.69 Å². The Kier molecular flexibility index (Phi) is 4.60. The zero-order valence-electron chi connectivity index (χ0n) is 13.5. The van der Waals surface area contributed by atoms with E-state index in [0.717, 1.165) is 6.04 Å². The van der Waals surface area contributed by atoms with Crippen molar-refractivity contribution >= 4 is 21.6 Å². The summed E-state index contributed by atoms with van der Waals surface area (Å²) in [5, 5.41) is 0. The van der Waals surface area contributed by atoms with Crippen LogP contribution in [0.5, 0.6) is 0 Å². The number of piperazine rings is 1. The first-order valence-corrected chi connectivity index (χ1v) is 9.12. The lowest BCUT2D eigenvalue weighted by Gasteiger charge is -2.51. The van der Waals surface area contributed by atoms with Crippen LogP contribution in [0.2, 0.25) is 0 Å². The monoisotopic (exact) mass is 350 g/mol. The Bertz CT molecular complexity index is 500. The minimum atomic E-state index is 0.623. The molecular weight excluding hydrogens is 324 g/mol. The lowest BCUT2D eigenvalue weighted by Crippen LogP contribution is -2.61. The van der Waals surface area contributed by atoms with Gasteiger partial charge in [0.2, 0.25) is 0 Å². The third kappa shape index (κ3) is 3.14. The van der Waals surface area contributed by atoms with Gasteiger partial charge >= 0.3 is 0 Å². The molecule has 2 fully saturated rings. The Labute approximate surface area is 137 Å². The van der Waals surface area contributed by atoms with Gasteiger partial charge in [-0.05, 0) is 65.9 Å². The molecule has 2 atom stereocenters. The molecule has 21 heavy (non-hydrogen) atoms. The van der Waals surface area contributed by atoms with Crippen molar-refractivity contribution in [3.63, 3.8) is 0 Å². The first-order valence-electron chi connectivity index (χ1n) is 8.33. The largest absolute Gasteiger partial charge is 0.365 e. The average Bonchev–Trinajstić information content (AvgIpc) is 2.48. The Morgan fingerprint density at radius 1 is 1.19 bits per heavy atom. The molecule has 3 rings (SSSR count). The molecule has 1 aromatic carbocycles. The third-order valence-corrected chi connectivity index (χ3v) is 5.83. The van der Waals surface area contributed by atoms with Gasteiger partial charge in [0.15, 0.2) is 0 Å². The molecule has 0 aromatic heterocycles. The smallest absolute Gasteiger partial charge is 0.0516 e. The highest BCUT2D eigenvalue weighted by atomic mass is 79.9. The highest BCUT2D eigenvalue weighted by Gasteiger charge is 2.36. The van der Waals surface area contributed by atoms with E-state index < -0.39 is 0 Å². The normalized spacial score (nSPS) is 27.0. The molecule has 2 aliphatic rings. The molecule has 0 radical (unpaired) electrons. The molecule has 0 spiro atoms. The summed E-state index contributed by atoms with van der Waals surface area (Å²) in [6, 6.07) is 8.11. The minimum Gasteiger partial charge on any atom is -0.365 e. The number of nitrogens with zero attached hydrogens (tertiary/aromatic N) is 2. The summed E-state index contributed by atoms with van der Waals surface area (Å²) in [5.74, 6) is 0.681. The molecule has 2 nitrogen and oxygen atoms in total. The van der Waals surface area contributed by atoms with Gasteiger partial charge in [-0.25, -0.2) is 0 Å². The van der Waals surface area contributed by atoms with Crippen LogP contribution in [0.1, 0.15) is 38.7 Å². The molecule has 3 heteroatoms. The second-order valence-corrected chi connectivity index (χ2v) is 7.92. The molecule has 2 unspecified atom stereocenters. The molecule has 1 aromatic rings. The van der Waals surface area contributed by atoms with Crippen LogP contribution >= 0.6 is 15.9 Å². The summed E-state index contributed by atoms with van der Waals surface area (Å²) in [6.45, 7) is 10.6. The summed E-state index contributed by atoms with van der Waals surface area (Å²) in [6.07, 6.45) is 4.15. The fourth-order valence-corrected chi connectivity index (χ4v) is 4.37. The van der Waals surface area contributed by atoms with E-state index in [1.54, 1.807) is 0 Å². The molecule has 0 bridgehead atoms. The van der Waals surface area contributed by atoms with Gasteiger partial charge < -0.3 is 4.90 Å². The second kappa shape index (κ2) is 6.29. The Morgan fingerprint density at radius 2 is 2.00 bits per heavy atom. The molecule has 0 amide bonds. The highest BCUT2D eigenvalue weighted by Crippen LogP contribution is 2.35. The predicted molar refractivity (Wildman–Crippen MR) is 94.1 cm³/mol. The lowest BCUT2D eigenvalue weighted by atomic mass is 9.91. The van der Waals surface area contributed by atoms with Gasteiger partial charge in [0, 0.05) is 29.6 Å². The molecule has 2 heterocycles. The number of hydrogen-bond acceptors (Lipinski definition) is 2. The number of piperidine rings is 1. The van der Waals surface area contributed by atoms with E-state index in [1.165, 1.54) is 54.6 Å². The van der Waals surface area contributed by atoms with Crippen molar-refractivity contribution < 1.29 is 0 Å². The van der Waals surface area contributed by atoms with Gasteiger partial charge in [-0.15, -0.1) is 0 Å². The van der Waals surface area contributed by atoms with Crippen LogP contribution in [0, 0.1) is 12.8 Å². The predicted octanol–water partition coefficient (Wildman–Crippen LogP) is 4.46. The van der Waals surface area contributed by atoms with Crippen LogP contribution in [-0.2, 0) is 0 Å². The van der Waals surface area contributed by atoms with E-state index in [-0.39, 0.29) is 0 Å². The van der Waals surface area contributed by atoms with Crippen molar-refractivity contribution in [2.24, 2.45) is 5.92 Å². The summed E-state index contributed by atoms with van der Waals surface area (Å²) in [4.78, 5) is 5.42. The maximum absolute atomic E-state index is 3.78. The summed E-state index contributed by atoms with van der Waals surface area (Å²) in [7, 11) is 0. The molecule has 116 valence electrons. The number of fused-ring (bicyclic) bond motifs is 1. The zero-order valence-corrected chi connectivity index (χ0v) is 15.1. The summed E-state index contributed by atoms with van der Waals surface area (Å²) < 4.78 is 1.24. The molecule has 0 aliphatic carbocycles. The average molecular weight is 351 g/mol. The van der Waals surface area contributed by atoms with Crippen molar-refractivity contribution in [3.05, 3.63) is 28.2 Å². The topological polar surface area (TPSA) is 6.48 Å². The molecule has 0 N–H and O–H groups in total. The maximum Gasteiger partial charge on any atom is 0.0516 e. The number of hydrogen-bond donors (Lipinski definition) is 0. The van der Waals surface area contributed by atoms with Gasteiger partial charge in [0.1, 0.15) is 0 Å². The number of halogens is 1. The van der Waals surface area contributed by atoms with Gasteiger partial charge in [0.05, 0.1) is 5.69 Å². The van der Waals surface area contributed by atoms with Gasteiger partial charge in [-0.2, -0.15) is 0 Å². The van der Waals surface area contributed by atoms with E-state index in [9.17, 15) is 0 Å². The zero-order chi connectivity index (χ0) is 15.0. The minimum absolute atomic E-state index is 0.623. The van der Waals surface area contributed by atoms with Crippen LogP contribution in [0.15, 0.2) is 22.7 Å². The van der Waals surface area contributed by atoms with Crippen molar-refractivity contribution in [1.29, 1.82) is 0 Å². The SMILES string of the molecule is Cc1ccc(Br)c(N2CC3CCCCN3CC2C(C)C)c1. The quantitative estimate of drug-likeness (QED) is 0.776. The van der Waals surface area contributed by atoms with E-state index >= 15 is 0 Å². The van der Waals surface area contributed by atoms with Crippen molar-refractivity contribution in [1.82, 2.24) is 4.90 Å². The maximum atomic E-state index is 3.78. The Morgan fingerprint density at radius 3 is 2.76 bits per heavy atom. The molecule has 2 saturated heterocycles. The lowest BCUT2D eigenvalue weighted by molar-refractivity contribution is 0.100. The van der Waals surface area contributed by atoms with Crippen molar-refractivity contribution in [2.75, 3.05) is 24.5 Å². The van der Waals surface area contributed by atoms with Crippen molar-refractivity contribution in [2.45, 2.75) is 52.1 Å². The van der Waals surface area contributed by atoms with Crippen molar-refractivity contribution in [3.8, 4) is 0 Å². The Hall–Kier alpha value is -0.540.